The fraction of sp³-hybridized carbons (Fsp3) is 0.400. The van der Waals surface area contributed by atoms with Gasteiger partial charge in [-0.3, -0.25) is 0 Å². The zero-order chi connectivity index (χ0) is 15.0. The number of nitrogens with zero attached hydrogens (tertiary/aromatic N) is 1. The molecule has 0 bridgehead atoms. The van der Waals surface area contributed by atoms with Gasteiger partial charge in [-0.25, -0.2) is 13.4 Å². The molecule has 0 N–H and O–H groups in total. The first kappa shape index (κ1) is 14.5. The van der Waals surface area contributed by atoms with E-state index in [-0.39, 0.29) is 0 Å². The lowest BCUT2D eigenvalue weighted by molar-refractivity contribution is 0.291. The number of thiazole rings is 1. The smallest absolute Gasteiger partial charge is 0.232 e. The molecule has 0 unspecified atom stereocenters. The Labute approximate surface area is 128 Å². The number of aromatic nitrogens is 1. The van der Waals surface area contributed by atoms with E-state index in [1.54, 1.807) is 23.5 Å². The van der Waals surface area contributed by atoms with Crippen LogP contribution in [0.3, 0.4) is 0 Å². The average Bonchev–Trinajstić information content (AvgIpc) is 3.18. The maximum absolute atomic E-state index is 11.5. The van der Waals surface area contributed by atoms with E-state index >= 15 is 0 Å². The number of hydrogen-bond acceptors (Lipinski definition) is 5. The minimum Gasteiger partial charge on any atom is -0.476 e. The molecule has 1 aromatic carbocycles. The molecule has 0 aliphatic heterocycles. The SMILES string of the molecule is Cc1nc(OCC2CC2)c(-c2ccc(S(C)(=O)=O)cc2)s1. The van der Waals surface area contributed by atoms with Crippen LogP contribution in [-0.2, 0) is 9.84 Å². The van der Waals surface area contributed by atoms with E-state index in [4.69, 9.17) is 4.74 Å². The third-order valence-corrected chi connectivity index (χ3v) is 5.53. The van der Waals surface area contributed by atoms with Crippen molar-refractivity contribution in [2.24, 2.45) is 5.92 Å². The molecule has 0 spiro atoms. The molecule has 2 aromatic rings. The first-order valence-electron chi connectivity index (χ1n) is 6.84. The van der Waals surface area contributed by atoms with Gasteiger partial charge in [-0.1, -0.05) is 12.1 Å². The van der Waals surface area contributed by atoms with Gasteiger partial charge in [-0.15, -0.1) is 11.3 Å². The predicted octanol–water partition coefficient (Wildman–Crippen LogP) is 3.31. The van der Waals surface area contributed by atoms with Crippen LogP contribution in [0.4, 0.5) is 0 Å². The van der Waals surface area contributed by atoms with Gasteiger partial charge in [0.2, 0.25) is 5.88 Å². The monoisotopic (exact) mass is 323 g/mol. The minimum atomic E-state index is -3.16. The van der Waals surface area contributed by atoms with Crippen LogP contribution >= 0.6 is 11.3 Å². The van der Waals surface area contributed by atoms with Crippen molar-refractivity contribution in [1.82, 2.24) is 4.98 Å². The van der Waals surface area contributed by atoms with Crippen LogP contribution in [0.1, 0.15) is 17.8 Å². The number of ether oxygens (including phenoxy) is 1. The van der Waals surface area contributed by atoms with Crippen LogP contribution in [-0.4, -0.2) is 26.3 Å². The van der Waals surface area contributed by atoms with Crippen molar-refractivity contribution in [2.45, 2.75) is 24.7 Å². The van der Waals surface area contributed by atoms with E-state index in [9.17, 15) is 8.42 Å². The molecule has 1 aliphatic carbocycles. The maximum atomic E-state index is 11.5. The maximum Gasteiger partial charge on any atom is 0.232 e. The zero-order valence-electron chi connectivity index (χ0n) is 12.0. The van der Waals surface area contributed by atoms with Gasteiger partial charge in [0, 0.05) is 6.26 Å². The standard InChI is InChI=1S/C15H17NO3S2/c1-10-16-15(19-9-11-3-4-11)14(20-10)12-5-7-13(8-6-12)21(2,17)18/h5-8,11H,3-4,9H2,1-2H3. The molecule has 6 heteroatoms. The fourth-order valence-corrected chi connectivity index (χ4v) is 3.52. The van der Waals surface area contributed by atoms with Gasteiger partial charge >= 0.3 is 0 Å². The molecule has 0 amide bonds. The van der Waals surface area contributed by atoms with Gasteiger partial charge in [0.05, 0.1) is 21.4 Å². The minimum absolute atomic E-state index is 0.327. The van der Waals surface area contributed by atoms with Crippen LogP contribution in [0.5, 0.6) is 5.88 Å². The molecule has 4 nitrogen and oxygen atoms in total. The third kappa shape index (κ3) is 3.44. The summed E-state index contributed by atoms with van der Waals surface area (Å²) in [5.41, 5.74) is 0.943. The Hall–Kier alpha value is -1.40. The highest BCUT2D eigenvalue weighted by Crippen LogP contribution is 2.37. The molecular formula is C15H17NO3S2. The first-order valence-corrected chi connectivity index (χ1v) is 9.55. The van der Waals surface area contributed by atoms with Crippen molar-refractivity contribution < 1.29 is 13.2 Å². The predicted molar refractivity (Wildman–Crippen MR) is 83.6 cm³/mol. The molecule has 1 aliphatic rings. The van der Waals surface area contributed by atoms with Gasteiger partial charge in [0.25, 0.3) is 0 Å². The number of aryl methyl sites for hydroxylation is 1. The molecule has 21 heavy (non-hydrogen) atoms. The summed E-state index contributed by atoms with van der Waals surface area (Å²) < 4.78 is 28.8. The van der Waals surface area contributed by atoms with Crippen molar-refractivity contribution >= 4 is 21.2 Å². The summed E-state index contributed by atoms with van der Waals surface area (Å²) in [5, 5.41) is 0.947. The van der Waals surface area contributed by atoms with Crippen molar-refractivity contribution in [2.75, 3.05) is 12.9 Å². The van der Waals surface area contributed by atoms with Gasteiger partial charge in [0.1, 0.15) is 0 Å². The van der Waals surface area contributed by atoms with Gasteiger partial charge in [-0.05, 0) is 43.4 Å². The molecule has 1 saturated carbocycles. The number of benzene rings is 1. The van der Waals surface area contributed by atoms with E-state index in [2.05, 4.69) is 4.98 Å². The van der Waals surface area contributed by atoms with Crippen LogP contribution in [0, 0.1) is 12.8 Å². The normalized spacial score (nSPS) is 15.1. The summed E-state index contributed by atoms with van der Waals surface area (Å²) in [6.07, 6.45) is 3.69. The lowest BCUT2D eigenvalue weighted by Crippen LogP contribution is -2.00. The Bertz CT molecular complexity index is 744. The second-order valence-electron chi connectivity index (χ2n) is 5.42. The summed E-state index contributed by atoms with van der Waals surface area (Å²) in [6, 6.07) is 6.88. The molecule has 3 rings (SSSR count). The number of hydrogen-bond donors (Lipinski definition) is 0. The topological polar surface area (TPSA) is 56.3 Å². The summed E-state index contributed by atoms with van der Waals surface area (Å²) in [5.74, 6) is 1.34. The number of sulfone groups is 1. The van der Waals surface area contributed by atoms with Crippen LogP contribution < -0.4 is 4.74 Å². The van der Waals surface area contributed by atoms with Gasteiger partial charge in [-0.2, -0.15) is 0 Å². The summed E-state index contributed by atoms with van der Waals surface area (Å²) >= 11 is 1.57. The molecule has 1 aromatic heterocycles. The third-order valence-electron chi connectivity index (χ3n) is 3.40. The van der Waals surface area contributed by atoms with Crippen molar-refractivity contribution in [3.8, 4) is 16.3 Å². The lowest BCUT2D eigenvalue weighted by Gasteiger charge is -2.05. The molecule has 0 atom stereocenters. The van der Waals surface area contributed by atoms with E-state index in [0.717, 1.165) is 22.1 Å². The lowest BCUT2D eigenvalue weighted by atomic mass is 10.2. The van der Waals surface area contributed by atoms with E-state index in [1.807, 2.05) is 19.1 Å². The van der Waals surface area contributed by atoms with Crippen LogP contribution in [0.25, 0.3) is 10.4 Å². The summed E-state index contributed by atoms with van der Waals surface area (Å²) in [6.45, 7) is 2.67. The molecular weight excluding hydrogens is 306 g/mol. The molecule has 1 heterocycles. The second-order valence-corrected chi connectivity index (χ2v) is 8.64. The summed E-state index contributed by atoms with van der Waals surface area (Å²) in [7, 11) is -3.16. The average molecular weight is 323 g/mol. The Kier molecular flexibility index (Phi) is 3.75. The Balaban J connectivity index is 1.88. The van der Waals surface area contributed by atoms with Crippen LogP contribution in [0.2, 0.25) is 0 Å². The highest BCUT2D eigenvalue weighted by Gasteiger charge is 2.23. The van der Waals surface area contributed by atoms with E-state index < -0.39 is 9.84 Å². The fourth-order valence-electron chi connectivity index (χ4n) is 2.02. The Morgan fingerprint density at radius 2 is 1.95 bits per heavy atom. The molecule has 0 radical (unpaired) electrons. The van der Waals surface area contributed by atoms with Crippen LogP contribution in [0.15, 0.2) is 29.2 Å². The largest absolute Gasteiger partial charge is 0.476 e. The molecule has 112 valence electrons. The van der Waals surface area contributed by atoms with Gasteiger partial charge < -0.3 is 4.74 Å². The van der Waals surface area contributed by atoms with Crippen molar-refractivity contribution in [3.05, 3.63) is 29.3 Å². The first-order chi connectivity index (χ1) is 9.93. The quantitative estimate of drug-likeness (QED) is 0.847. The Morgan fingerprint density at radius 3 is 2.52 bits per heavy atom. The van der Waals surface area contributed by atoms with E-state index in [0.29, 0.717) is 16.7 Å². The summed E-state index contributed by atoms with van der Waals surface area (Å²) in [4.78, 5) is 5.73. The van der Waals surface area contributed by atoms with Crippen molar-refractivity contribution in [3.63, 3.8) is 0 Å². The Morgan fingerprint density at radius 1 is 1.29 bits per heavy atom. The molecule has 1 fully saturated rings. The second kappa shape index (κ2) is 5.42. The van der Waals surface area contributed by atoms with E-state index in [1.165, 1.54) is 19.1 Å². The molecule has 0 saturated heterocycles. The van der Waals surface area contributed by atoms with Gasteiger partial charge in [0.15, 0.2) is 9.84 Å². The highest BCUT2D eigenvalue weighted by atomic mass is 32.2. The zero-order valence-corrected chi connectivity index (χ0v) is 13.6. The van der Waals surface area contributed by atoms with Crippen molar-refractivity contribution in [1.29, 1.82) is 0 Å². The highest BCUT2D eigenvalue weighted by molar-refractivity contribution is 7.90. The number of rotatable bonds is 5.